The van der Waals surface area contributed by atoms with Crippen LogP contribution in [0.3, 0.4) is 0 Å². The number of carbonyl (C=O) groups excluding carboxylic acids is 2. The van der Waals surface area contributed by atoms with E-state index in [9.17, 15) is 18.0 Å². The zero-order chi connectivity index (χ0) is 29.4. The lowest BCUT2D eigenvalue weighted by Gasteiger charge is -2.33. The number of hydrogen-bond donors (Lipinski definition) is 1. The van der Waals surface area contributed by atoms with Crippen molar-refractivity contribution >= 4 is 27.5 Å². The fraction of sp³-hybridized carbons (Fsp3) is 0.333. The Morgan fingerprint density at radius 1 is 0.900 bits per heavy atom. The largest absolute Gasteiger partial charge is 0.497 e. The van der Waals surface area contributed by atoms with Crippen molar-refractivity contribution < 1.29 is 27.5 Å². The Kier molecular flexibility index (Phi) is 10.2. The second kappa shape index (κ2) is 13.3. The van der Waals surface area contributed by atoms with Gasteiger partial charge >= 0.3 is 0 Å². The minimum Gasteiger partial charge on any atom is -0.497 e. The number of hydrogen-bond acceptors (Lipinski definition) is 6. The third-order valence-corrected chi connectivity index (χ3v) is 8.24. The van der Waals surface area contributed by atoms with E-state index < -0.39 is 28.5 Å². The molecule has 0 fully saturated rings. The second-order valence-corrected chi connectivity index (χ2v) is 11.5. The van der Waals surface area contributed by atoms with Gasteiger partial charge in [-0.2, -0.15) is 0 Å². The Bertz CT molecular complexity index is 1430. The zero-order valence-electron chi connectivity index (χ0n) is 23.7. The van der Waals surface area contributed by atoms with E-state index in [4.69, 9.17) is 9.47 Å². The molecular weight excluding hydrogens is 530 g/mol. The van der Waals surface area contributed by atoms with Crippen molar-refractivity contribution in [2.24, 2.45) is 0 Å². The Balaban J connectivity index is 2.12. The molecule has 0 saturated carbocycles. The van der Waals surface area contributed by atoms with Gasteiger partial charge in [0.15, 0.2) is 0 Å². The number of methoxy groups -OCH3 is 2. The quantitative estimate of drug-likeness (QED) is 0.353. The number of aryl methyl sites for hydroxylation is 1. The highest BCUT2D eigenvalue weighted by Gasteiger charge is 2.34. The van der Waals surface area contributed by atoms with E-state index in [0.29, 0.717) is 5.75 Å². The molecule has 0 bridgehead atoms. The van der Waals surface area contributed by atoms with Crippen LogP contribution in [-0.4, -0.2) is 58.0 Å². The molecule has 214 valence electrons. The first-order valence-corrected chi connectivity index (χ1v) is 14.4. The maximum absolute atomic E-state index is 14.1. The molecular formula is C30H37N3O6S. The van der Waals surface area contributed by atoms with Crippen LogP contribution in [0.15, 0.2) is 77.7 Å². The molecule has 0 aliphatic carbocycles. The number of ether oxygens (including phenoxy) is 2. The lowest BCUT2D eigenvalue weighted by molar-refractivity contribution is -0.139. The van der Waals surface area contributed by atoms with Gasteiger partial charge in [-0.05, 0) is 63.1 Å². The maximum Gasteiger partial charge on any atom is 0.264 e. The second-order valence-electron chi connectivity index (χ2n) is 9.65. The van der Waals surface area contributed by atoms with Crippen molar-refractivity contribution in [2.45, 2.75) is 51.2 Å². The molecule has 1 N–H and O–H groups in total. The summed E-state index contributed by atoms with van der Waals surface area (Å²) in [5.74, 6) is -0.269. The molecule has 0 spiro atoms. The average molecular weight is 568 g/mol. The van der Waals surface area contributed by atoms with E-state index in [1.807, 2.05) is 45.0 Å². The van der Waals surface area contributed by atoms with Crippen molar-refractivity contribution in [3.63, 3.8) is 0 Å². The van der Waals surface area contributed by atoms with Gasteiger partial charge in [0.05, 0.1) is 24.8 Å². The van der Waals surface area contributed by atoms with Gasteiger partial charge in [-0.3, -0.25) is 13.9 Å². The molecule has 0 saturated heterocycles. The topological polar surface area (TPSA) is 105 Å². The summed E-state index contributed by atoms with van der Waals surface area (Å²) >= 11 is 0. The molecule has 3 aromatic rings. The highest BCUT2D eigenvalue weighted by molar-refractivity contribution is 7.92. The van der Waals surface area contributed by atoms with E-state index >= 15 is 0 Å². The number of sulfonamides is 1. The summed E-state index contributed by atoms with van der Waals surface area (Å²) in [6, 6.07) is 19.1. The van der Waals surface area contributed by atoms with Crippen LogP contribution in [-0.2, 0) is 26.2 Å². The highest BCUT2D eigenvalue weighted by atomic mass is 32.2. The summed E-state index contributed by atoms with van der Waals surface area (Å²) in [4.78, 5) is 28.5. The smallest absolute Gasteiger partial charge is 0.264 e. The third kappa shape index (κ3) is 7.12. The van der Waals surface area contributed by atoms with Gasteiger partial charge in [0.25, 0.3) is 10.0 Å². The summed E-state index contributed by atoms with van der Waals surface area (Å²) < 4.78 is 39.8. The predicted octanol–water partition coefficient (Wildman–Crippen LogP) is 4.15. The fourth-order valence-electron chi connectivity index (χ4n) is 4.18. The van der Waals surface area contributed by atoms with Gasteiger partial charge in [-0.15, -0.1) is 0 Å². The molecule has 0 aromatic heterocycles. The van der Waals surface area contributed by atoms with E-state index in [2.05, 4.69) is 5.32 Å². The number of rotatable bonds is 12. The van der Waals surface area contributed by atoms with Crippen LogP contribution in [0.2, 0.25) is 0 Å². The lowest BCUT2D eigenvalue weighted by Crippen LogP contribution is -2.52. The van der Waals surface area contributed by atoms with E-state index in [0.717, 1.165) is 15.4 Å². The van der Waals surface area contributed by atoms with Gasteiger partial charge in [0.2, 0.25) is 11.8 Å². The molecule has 0 aliphatic rings. The zero-order valence-corrected chi connectivity index (χ0v) is 24.6. The van der Waals surface area contributed by atoms with Crippen LogP contribution in [0, 0.1) is 6.92 Å². The van der Waals surface area contributed by atoms with Crippen LogP contribution in [0.1, 0.15) is 31.9 Å². The van der Waals surface area contributed by atoms with Gasteiger partial charge in [-0.1, -0.05) is 42.5 Å². The Morgan fingerprint density at radius 2 is 1.55 bits per heavy atom. The number of benzene rings is 3. The predicted molar refractivity (Wildman–Crippen MR) is 155 cm³/mol. The summed E-state index contributed by atoms with van der Waals surface area (Å²) in [6.07, 6.45) is 0. The highest BCUT2D eigenvalue weighted by Crippen LogP contribution is 2.36. The van der Waals surface area contributed by atoms with Gasteiger partial charge in [-0.25, -0.2) is 8.42 Å². The number of amides is 2. The Labute approximate surface area is 236 Å². The van der Waals surface area contributed by atoms with Gasteiger partial charge < -0.3 is 19.7 Å². The van der Waals surface area contributed by atoms with Crippen LogP contribution in [0.5, 0.6) is 11.5 Å². The first kappa shape index (κ1) is 30.5. The Morgan fingerprint density at radius 3 is 2.15 bits per heavy atom. The number of nitrogens with one attached hydrogen (secondary N) is 1. The molecule has 0 unspecified atom stereocenters. The molecule has 40 heavy (non-hydrogen) atoms. The minimum absolute atomic E-state index is 0.00345. The van der Waals surface area contributed by atoms with E-state index in [1.54, 1.807) is 37.3 Å². The molecule has 1 atom stereocenters. The molecule has 9 nitrogen and oxygen atoms in total. The molecule has 3 aromatic carbocycles. The SMILES string of the molecule is COc1ccc(OC)c(N(CC(=O)N(Cc2ccccc2C)[C@H](C)C(=O)NC(C)C)S(=O)(=O)c2ccccc2)c1. The van der Waals surface area contributed by atoms with Crippen LogP contribution < -0.4 is 19.1 Å². The molecule has 0 heterocycles. The monoisotopic (exact) mass is 567 g/mol. The van der Waals surface area contributed by atoms with Crippen molar-refractivity contribution in [3.8, 4) is 11.5 Å². The number of carbonyl (C=O) groups is 2. The van der Waals surface area contributed by atoms with Gasteiger partial charge in [0, 0.05) is 18.7 Å². The summed E-state index contributed by atoms with van der Waals surface area (Å²) in [7, 11) is -1.35. The lowest BCUT2D eigenvalue weighted by atomic mass is 10.1. The van der Waals surface area contributed by atoms with E-state index in [1.165, 1.54) is 37.3 Å². The van der Waals surface area contributed by atoms with Crippen LogP contribution in [0.4, 0.5) is 5.69 Å². The standard InChI is InChI=1S/C30H37N3O6S/c1-21(2)31-30(35)23(4)32(19-24-13-11-10-12-22(24)3)29(34)20-33(40(36,37)26-14-8-7-9-15-26)27-18-25(38-5)16-17-28(27)39-6/h7-18,21,23H,19-20H2,1-6H3,(H,31,35)/t23-/m1/s1. The molecule has 0 radical (unpaired) electrons. The Hall–Kier alpha value is -4.05. The fourth-order valence-corrected chi connectivity index (χ4v) is 5.62. The van der Waals surface area contributed by atoms with Crippen molar-refractivity contribution in [1.29, 1.82) is 0 Å². The normalized spacial score (nSPS) is 12.0. The van der Waals surface area contributed by atoms with Crippen molar-refractivity contribution in [1.82, 2.24) is 10.2 Å². The first-order valence-electron chi connectivity index (χ1n) is 12.9. The molecule has 0 aliphatic heterocycles. The first-order chi connectivity index (χ1) is 19.0. The molecule has 3 rings (SSSR count). The molecule has 10 heteroatoms. The van der Waals surface area contributed by atoms with Crippen molar-refractivity contribution in [2.75, 3.05) is 25.1 Å². The van der Waals surface area contributed by atoms with Crippen LogP contribution in [0.25, 0.3) is 0 Å². The minimum atomic E-state index is -4.24. The van der Waals surface area contributed by atoms with E-state index in [-0.39, 0.29) is 34.8 Å². The summed E-state index contributed by atoms with van der Waals surface area (Å²) in [6.45, 7) is 6.77. The summed E-state index contributed by atoms with van der Waals surface area (Å²) in [5.41, 5.74) is 1.92. The average Bonchev–Trinajstić information content (AvgIpc) is 2.94. The summed E-state index contributed by atoms with van der Waals surface area (Å²) in [5, 5.41) is 2.85. The molecule has 2 amide bonds. The van der Waals surface area contributed by atoms with Crippen molar-refractivity contribution in [3.05, 3.63) is 83.9 Å². The third-order valence-electron chi connectivity index (χ3n) is 6.46. The van der Waals surface area contributed by atoms with Crippen LogP contribution >= 0.6 is 0 Å². The van der Waals surface area contributed by atoms with Gasteiger partial charge in [0.1, 0.15) is 24.1 Å². The maximum atomic E-state index is 14.1. The number of anilines is 1. The number of nitrogens with zero attached hydrogens (tertiary/aromatic N) is 2.